The Kier molecular flexibility index (Phi) is 1.26. The normalized spacial score (nSPS) is 43.7. The quantitative estimate of drug-likeness (QED) is 0.522. The zero-order valence-corrected chi connectivity index (χ0v) is 5.84. The van der Waals surface area contributed by atoms with Crippen LogP contribution in [0.5, 0.6) is 0 Å². The van der Waals surface area contributed by atoms with Gasteiger partial charge in [0.2, 0.25) is 0 Å². The average Bonchev–Trinajstić information content (AvgIpc) is 2.22. The fourth-order valence-corrected chi connectivity index (χ4v) is 2.61. The van der Waals surface area contributed by atoms with Crippen LogP contribution in [0.15, 0.2) is 0 Å². The summed E-state index contributed by atoms with van der Waals surface area (Å²) in [7, 11) is 0. The standard InChI is InChI=1S/C8H15N/c9-8-4-6-2-1-3-7(6)5-8/h6-8H,1-5,9H2/t6-,7-/m1/s1. The molecule has 0 amide bonds. The highest BCUT2D eigenvalue weighted by atomic mass is 14.7. The first-order chi connectivity index (χ1) is 4.36. The molecule has 0 saturated heterocycles. The van der Waals surface area contributed by atoms with Gasteiger partial charge in [-0.25, -0.2) is 0 Å². The Balaban J connectivity index is 2.02. The Labute approximate surface area is 56.6 Å². The molecule has 52 valence electrons. The van der Waals surface area contributed by atoms with E-state index in [1.807, 2.05) is 0 Å². The van der Waals surface area contributed by atoms with Gasteiger partial charge in [0.1, 0.15) is 0 Å². The summed E-state index contributed by atoms with van der Waals surface area (Å²) in [5.74, 6) is 2.06. The highest BCUT2D eigenvalue weighted by Crippen LogP contribution is 2.42. The van der Waals surface area contributed by atoms with Crippen molar-refractivity contribution in [1.29, 1.82) is 0 Å². The van der Waals surface area contributed by atoms with Crippen LogP contribution in [-0.2, 0) is 0 Å². The maximum atomic E-state index is 5.82. The molecule has 0 aromatic rings. The SMILES string of the molecule is NC1C[C@H]2CCC[C@@H]2C1. The van der Waals surface area contributed by atoms with E-state index in [0.29, 0.717) is 6.04 Å². The third-order valence-corrected chi connectivity index (χ3v) is 3.03. The van der Waals surface area contributed by atoms with Crippen molar-refractivity contribution in [1.82, 2.24) is 0 Å². The number of hydrogen-bond acceptors (Lipinski definition) is 1. The van der Waals surface area contributed by atoms with Crippen molar-refractivity contribution in [3.05, 3.63) is 0 Å². The van der Waals surface area contributed by atoms with E-state index in [1.54, 1.807) is 0 Å². The molecule has 1 nitrogen and oxygen atoms in total. The molecule has 0 bridgehead atoms. The average molecular weight is 125 g/mol. The lowest BCUT2D eigenvalue weighted by Crippen LogP contribution is -2.15. The van der Waals surface area contributed by atoms with Crippen molar-refractivity contribution in [2.24, 2.45) is 17.6 Å². The first kappa shape index (κ1) is 5.72. The van der Waals surface area contributed by atoms with Gasteiger partial charge in [0.05, 0.1) is 0 Å². The summed E-state index contributed by atoms with van der Waals surface area (Å²) in [4.78, 5) is 0. The molecule has 2 fully saturated rings. The Morgan fingerprint density at radius 1 is 1.00 bits per heavy atom. The van der Waals surface area contributed by atoms with E-state index >= 15 is 0 Å². The molecular weight excluding hydrogens is 110 g/mol. The van der Waals surface area contributed by atoms with Gasteiger partial charge < -0.3 is 5.73 Å². The van der Waals surface area contributed by atoms with Crippen LogP contribution < -0.4 is 5.73 Å². The molecule has 2 saturated carbocycles. The van der Waals surface area contributed by atoms with Crippen LogP contribution in [0.25, 0.3) is 0 Å². The topological polar surface area (TPSA) is 26.0 Å². The third-order valence-electron chi connectivity index (χ3n) is 3.03. The molecule has 1 heteroatoms. The van der Waals surface area contributed by atoms with Gasteiger partial charge in [-0.2, -0.15) is 0 Å². The Hall–Kier alpha value is -0.0400. The first-order valence-electron chi connectivity index (χ1n) is 4.12. The van der Waals surface area contributed by atoms with E-state index in [-0.39, 0.29) is 0 Å². The van der Waals surface area contributed by atoms with Gasteiger partial charge in [-0.15, -0.1) is 0 Å². The molecule has 0 aromatic carbocycles. The molecule has 2 atom stereocenters. The maximum absolute atomic E-state index is 5.82. The number of nitrogens with two attached hydrogens (primary N) is 1. The highest BCUT2D eigenvalue weighted by Gasteiger charge is 2.35. The van der Waals surface area contributed by atoms with E-state index in [0.717, 1.165) is 11.8 Å². The summed E-state index contributed by atoms with van der Waals surface area (Å²) in [6, 6.07) is 0.556. The van der Waals surface area contributed by atoms with E-state index in [1.165, 1.54) is 32.1 Å². The van der Waals surface area contributed by atoms with Gasteiger partial charge in [0.25, 0.3) is 0 Å². The van der Waals surface area contributed by atoms with Crippen LogP contribution in [0.2, 0.25) is 0 Å². The molecule has 0 radical (unpaired) electrons. The molecule has 2 aliphatic carbocycles. The monoisotopic (exact) mass is 125 g/mol. The van der Waals surface area contributed by atoms with Gasteiger partial charge in [-0.1, -0.05) is 19.3 Å². The van der Waals surface area contributed by atoms with Crippen molar-refractivity contribution in [2.75, 3.05) is 0 Å². The molecule has 2 aliphatic rings. The van der Waals surface area contributed by atoms with Crippen LogP contribution in [0.1, 0.15) is 32.1 Å². The molecule has 2 N–H and O–H groups in total. The van der Waals surface area contributed by atoms with Crippen molar-refractivity contribution in [2.45, 2.75) is 38.1 Å². The summed E-state index contributed by atoms with van der Waals surface area (Å²) in [6.07, 6.45) is 7.06. The lowest BCUT2D eigenvalue weighted by atomic mass is 10.0. The number of hydrogen-bond donors (Lipinski definition) is 1. The van der Waals surface area contributed by atoms with Crippen LogP contribution in [-0.4, -0.2) is 6.04 Å². The van der Waals surface area contributed by atoms with E-state index in [4.69, 9.17) is 5.73 Å². The maximum Gasteiger partial charge on any atom is 0.00443 e. The Morgan fingerprint density at radius 2 is 1.56 bits per heavy atom. The lowest BCUT2D eigenvalue weighted by Gasteiger charge is -2.04. The number of fused-ring (bicyclic) bond motifs is 1. The minimum absolute atomic E-state index is 0.556. The van der Waals surface area contributed by atoms with Gasteiger partial charge >= 0.3 is 0 Å². The lowest BCUT2D eigenvalue weighted by molar-refractivity contribution is 0.457. The molecule has 9 heavy (non-hydrogen) atoms. The predicted octanol–water partition coefficient (Wildman–Crippen LogP) is 1.52. The minimum atomic E-state index is 0.556. The van der Waals surface area contributed by atoms with Crippen LogP contribution in [0, 0.1) is 11.8 Å². The van der Waals surface area contributed by atoms with E-state index in [2.05, 4.69) is 0 Å². The molecule has 0 unspecified atom stereocenters. The fourth-order valence-electron chi connectivity index (χ4n) is 2.61. The third kappa shape index (κ3) is 0.877. The van der Waals surface area contributed by atoms with Crippen LogP contribution in [0.4, 0.5) is 0 Å². The molecule has 0 aliphatic heterocycles. The molecule has 0 aromatic heterocycles. The molecule has 0 heterocycles. The predicted molar refractivity (Wildman–Crippen MR) is 38.0 cm³/mol. The highest BCUT2D eigenvalue weighted by molar-refractivity contribution is 4.89. The molecule has 0 spiro atoms. The Bertz CT molecular complexity index is 99.1. The van der Waals surface area contributed by atoms with Crippen LogP contribution in [0.3, 0.4) is 0 Å². The number of rotatable bonds is 0. The second-order valence-electron chi connectivity index (χ2n) is 3.68. The van der Waals surface area contributed by atoms with Crippen molar-refractivity contribution in [3.63, 3.8) is 0 Å². The van der Waals surface area contributed by atoms with Gasteiger partial charge in [0.15, 0.2) is 0 Å². The largest absolute Gasteiger partial charge is 0.328 e. The molecular formula is C8H15N. The summed E-state index contributed by atoms with van der Waals surface area (Å²) in [5, 5.41) is 0. The smallest absolute Gasteiger partial charge is 0.00443 e. The molecule has 2 rings (SSSR count). The minimum Gasteiger partial charge on any atom is -0.328 e. The van der Waals surface area contributed by atoms with Crippen molar-refractivity contribution >= 4 is 0 Å². The van der Waals surface area contributed by atoms with Gasteiger partial charge in [-0.05, 0) is 24.7 Å². The van der Waals surface area contributed by atoms with Crippen molar-refractivity contribution < 1.29 is 0 Å². The summed E-state index contributed by atoms with van der Waals surface area (Å²) in [5.41, 5.74) is 5.82. The second kappa shape index (κ2) is 1.98. The second-order valence-corrected chi connectivity index (χ2v) is 3.68. The zero-order chi connectivity index (χ0) is 6.27. The fraction of sp³-hybridized carbons (Fsp3) is 1.00. The van der Waals surface area contributed by atoms with Gasteiger partial charge in [-0.3, -0.25) is 0 Å². The zero-order valence-electron chi connectivity index (χ0n) is 5.84. The Morgan fingerprint density at radius 3 is 2.11 bits per heavy atom. The summed E-state index contributed by atoms with van der Waals surface area (Å²) >= 11 is 0. The van der Waals surface area contributed by atoms with Gasteiger partial charge in [0, 0.05) is 6.04 Å². The van der Waals surface area contributed by atoms with Crippen molar-refractivity contribution in [3.8, 4) is 0 Å². The first-order valence-corrected chi connectivity index (χ1v) is 4.12. The van der Waals surface area contributed by atoms with Crippen LogP contribution >= 0.6 is 0 Å². The van der Waals surface area contributed by atoms with E-state index in [9.17, 15) is 0 Å². The summed E-state index contributed by atoms with van der Waals surface area (Å²) in [6.45, 7) is 0. The van der Waals surface area contributed by atoms with E-state index < -0.39 is 0 Å². The summed E-state index contributed by atoms with van der Waals surface area (Å²) < 4.78 is 0.